The van der Waals surface area contributed by atoms with Gasteiger partial charge in [0.2, 0.25) is 5.78 Å². The van der Waals surface area contributed by atoms with Crippen molar-refractivity contribution in [3.05, 3.63) is 76.0 Å². The number of benzene rings is 2. The van der Waals surface area contributed by atoms with Crippen molar-refractivity contribution in [3.63, 3.8) is 0 Å². The van der Waals surface area contributed by atoms with E-state index < -0.39 is 5.97 Å². The molecule has 2 heterocycles. The largest absolute Gasteiger partial charge is 0.457 e. The Morgan fingerprint density at radius 1 is 1.10 bits per heavy atom. The molecule has 0 aliphatic rings. The van der Waals surface area contributed by atoms with Crippen LogP contribution in [0.25, 0.3) is 21.8 Å². The van der Waals surface area contributed by atoms with Crippen LogP contribution in [0.3, 0.4) is 0 Å². The first-order valence-electron chi connectivity index (χ1n) is 10.2. The Balaban J connectivity index is 1.40. The molecule has 0 radical (unpaired) electrons. The van der Waals surface area contributed by atoms with Crippen molar-refractivity contribution >= 4 is 33.6 Å². The smallest absolute Gasteiger partial charge is 0.306 e. The molecule has 4 aromatic rings. The standard InChI is InChI=1S/C24H23N3O4/c1-3-15-7-6-9-16-18(13-25-23(15)16)20(28)14-31-22(29)12-11-21-26-19-10-5-4-8-17(19)24(30)27(21)2/h4-10,13,25H,3,11-12,14H2,1-2H3. The topological polar surface area (TPSA) is 94.1 Å². The summed E-state index contributed by atoms with van der Waals surface area (Å²) in [6.07, 6.45) is 2.79. The highest BCUT2D eigenvalue weighted by atomic mass is 16.5. The van der Waals surface area contributed by atoms with Gasteiger partial charge >= 0.3 is 5.97 Å². The van der Waals surface area contributed by atoms with Crippen LogP contribution in [-0.2, 0) is 29.4 Å². The van der Waals surface area contributed by atoms with Gasteiger partial charge in [0.15, 0.2) is 6.61 Å². The third-order valence-corrected chi connectivity index (χ3v) is 5.48. The molecule has 0 aliphatic heterocycles. The first-order chi connectivity index (χ1) is 15.0. The number of nitrogens with zero attached hydrogens (tertiary/aromatic N) is 2. The van der Waals surface area contributed by atoms with E-state index in [1.165, 1.54) is 4.57 Å². The second-order valence-electron chi connectivity index (χ2n) is 7.39. The fourth-order valence-electron chi connectivity index (χ4n) is 3.74. The van der Waals surface area contributed by atoms with Crippen LogP contribution in [0.1, 0.15) is 35.1 Å². The van der Waals surface area contributed by atoms with Crippen molar-refractivity contribution in [2.24, 2.45) is 7.05 Å². The number of para-hydroxylation sites is 2. The number of hydrogen-bond acceptors (Lipinski definition) is 5. The lowest BCUT2D eigenvalue weighted by molar-refractivity contribution is -0.142. The molecule has 2 aromatic heterocycles. The molecule has 4 rings (SSSR count). The van der Waals surface area contributed by atoms with Crippen molar-refractivity contribution < 1.29 is 14.3 Å². The predicted molar refractivity (Wildman–Crippen MR) is 118 cm³/mol. The Hall–Kier alpha value is -3.74. The zero-order chi connectivity index (χ0) is 22.0. The molecular weight excluding hydrogens is 394 g/mol. The molecule has 0 bridgehead atoms. The average molecular weight is 417 g/mol. The lowest BCUT2D eigenvalue weighted by Gasteiger charge is -2.09. The lowest BCUT2D eigenvalue weighted by atomic mass is 10.1. The number of ether oxygens (including phenoxy) is 1. The van der Waals surface area contributed by atoms with Crippen molar-refractivity contribution in [1.29, 1.82) is 0 Å². The number of nitrogens with one attached hydrogen (secondary N) is 1. The van der Waals surface area contributed by atoms with E-state index in [0.29, 0.717) is 22.3 Å². The van der Waals surface area contributed by atoms with E-state index in [0.717, 1.165) is 22.9 Å². The number of esters is 1. The van der Waals surface area contributed by atoms with E-state index in [-0.39, 0.29) is 30.8 Å². The molecule has 7 nitrogen and oxygen atoms in total. The minimum atomic E-state index is -0.509. The summed E-state index contributed by atoms with van der Waals surface area (Å²) < 4.78 is 6.64. The minimum absolute atomic E-state index is 0.0275. The van der Waals surface area contributed by atoms with Crippen LogP contribution in [-0.4, -0.2) is 32.9 Å². The molecule has 0 saturated carbocycles. The molecule has 0 spiro atoms. The van der Waals surface area contributed by atoms with Crippen LogP contribution >= 0.6 is 0 Å². The van der Waals surface area contributed by atoms with Gasteiger partial charge in [0, 0.05) is 36.1 Å². The molecule has 7 heteroatoms. The van der Waals surface area contributed by atoms with Crippen LogP contribution in [0.2, 0.25) is 0 Å². The van der Waals surface area contributed by atoms with Gasteiger partial charge < -0.3 is 9.72 Å². The summed E-state index contributed by atoms with van der Waals surface area (Å²) in [5, 5.41) is 1.36. The number of rotatable bonds is 7. The Labute approximate surface area is 178 Å². The van der Waals surface area contributed by atoms with E-state index in [2.05, 4.69) is 16.9 Å². The molecule has 0 amide bonds. The van der Waals surface area contributed by atoms with Gasteiger partial charge in [-0.1, -0.05) is 37.3 Å². The second kappa shape index (κ2) is 8.55. The highest BCUT2D eigenvalue weighted by molar-refractivity contribution is 6.09. The third kappa shape index (κ3) is 3.99. The Kier molecular flexibility index (Phi) is 5.66. The molecule has 0 atom stereocenters. The third-order valence-electron chi connectivity index (χ3n) is 5.48. The van der Waals surface area contributed by atoms with Crippen molar-refractivity contribution in [2.75, 3.05) is 6.61 Å². The Morgan fingerprint density at radius 3 is 2.68 bits per heavy atom. The number of H-pyrrole nitrogens is 1. The summed E-state index contributed by atoms with van der Waals surface area (Å²) >= 11 is 0. The van der Waals surface area contributed by atoms with Crippen molar-refractivity contribution in [1.82, 2.24) is 14.5 Å². The fraction of sp³-hybridized carbons (Fsp3) is 0.250. The number of aromatic nitrogens is 3. The molecule has 0 aliphatic carbocycles. The van der Waals surface area contributed by atoms with Crippen LogP contribution < -0.4 is 5.56 Å². The van der Waals surface area contributed by atoms with Gasteiger partial charge in [-0.3, -0.25) is 19.0 Å². The Morgan fingerprint density at radius 2 is 1.87 bits per heavy atom. The van der Waals surface area contributed by atoms with Crippen molar-refractivity contribution in [2.45, 2.75) is 26.2 Å². The second-order valence-corrected chi connectivity index (χ2v) is 7.39. The monoisotopic (exact) mass is 417 g/mol. The summed E-state index contributed by atoms with van der Waals surface area (Å²) in [6.45, 7) is 1.73. The Bertz CT molecular complexity index is 1350. The van der Waals surface area contributed by atoms with E-state index in [1.807, 2.05) is 24.3 Å². The van der Waals surface area contributed by atoms with Gasteiger partial charge in [0.1, 0.15) is 5.82 Å². The first-order valence-corrected chi connectivity index (χ1v) is 10.2. The number of aromatic amines is 1. The quantitative estimate of drug-likeness (QED) is 0.368. The van der Waals surface area contributed by atoms with Gasteiger partial charge in [-0.2, -0.15) is 0 Å². The molecular formula is C24H23N3O4. The van der Waals surface area contributed by atoms with Crippen LogP contribution in [0.15, 0.2) is 53.5 Å². The zero-order valence-electron chi connectivity index (χ0n) is 17.5. The van der Waals surface area contributed by atoms with E-state index in [9.17, 15) is 14.4 Å². The predicted octanol–water partition coefficient (Wildman–Crippen LogP) is 3.34. The number of carbonyl (C=O) groups is 2. The lowest BCUT2D eigenvalue weighted by Crippen LogP contribution is -2.23. The number of Topliss-reactive ketones (excluding diaryl/α,β-unsaturated/α-hetero) is 1. The van der Waals surface area contributed by atoms with Gasteiger partial charge in [0.25, 0.3) is 5.56 Å². The zero-order valence-corrected chi connectivity index (χ0v) is 17.5. The van der Waals surface area contributed by atoms with Gasteiger partial charge in [-0.05, 0) is 24.1 Å². The SMILES string of the molecule is CCc1cccc2c(C(=O)COC(=O)CCc3nc4ccccc4c(=O)n3C)c[nH]c12. The summed E-state index contributed by atoms with van der Waals surface area (Å²) in [6, 6.07) is 12.9. The normalized spacial score (nSPS) is 11.2. The summed E-state index contributed by atoms with van der Waals surface area (Å²) in [4.78, 5) is 44.9. The number of ketones is 1. The van der Waals surface area contributed by atoms with Crippen molar-refractivity contribution in [3.8, 4) is 0 Å². The maximum absolute atomic E-state index is 12.6. The van der Waals surface area contributed by atoms with Gasteiger partial charge in [-0.25, -0.2) is 4.98 Å². The number of aryl methyl sites for hydroxylation is 2. The van der Waals surface area contributed by atoms with Gasteiger partial charge in [0.05, 0.1) is 17.3 Å². The number of hydrogen-bond donors (Lipinski definition) is 1. The highest BCUT2D eigenvalue weighted by Gasteiger charge is 2.16. The molecule has 0 saturated heterocycles. The van der Waals surface area contributed by atoms with E-state index >= 15 is 0 Å². The fourth-order valence-corrected chi connectivity index (χ4v) is 3.74. The maximum Gasteiger partial charge on any atom is 0.306 e. The van der Waals surface area contributed by atoms with E-state index in [1.54, 1.807) is 31.4 Å². The average Bonchev–Trinajstić information content (AvgIpc) is 3.23. The van der Waals surface area contributed by atoms with E-state index in [4.69, 9.17) is 4.74 Å². The van der Waals surface area contributed by atoms with Crippen LogP contribution in [0, 0.1) is 0 Å². The molecule has 1 N–H and O–H groups in total. The number of fused-ring (bicyclic) bond motifs is 2. The summed E-state index contributed by atoms with van der Waals surface area (Å²) in [5.74, 6) is -0.273. The summed E-state index contributed by atoms with van der Waals surface area (Å²) in [7, 11) is 1.63. The molecule has 31 heavy (non-hydrogen) atoms. The molecule has 0 unspecified atom stereocenters. The number of carbonyl (C=O) groups excluding carboxylic acids is 2. The minimum Gasteiger partial charge on any atom is -0.457 e. The van der Waals surface area contributed by atoms with Gasteiger partial charge in [-0.15, -0.1) is 0 Å². The first kappa shape index (κ1) is 20.5. The highest BCUT2D eigenvalue weighted by Crippen LogP contribution is 2.22. The molecule has 158 valence electrons. The summed E-state index contributed by atoms with van der Waals surface area (Å²) in [5.41, 5.74) is 3.01. The maximum atomic E-state index is 12.6. The van der Waals surface area contributed by atoms with Crippen LogP contribution in [0.5, 0.6) is 0 Å². The molecule has 2 aromatic carbocycles. The molecule has 0 fully saturated rings. The van der Waals surface area contributed by atoms with Crippen LogP contribution in [0.4, 0.5) is 0 Å².